The van der Waals surface area contributed by atoms with Crippen LogP contribution >= 0.6 is 0 Å². The van der Waals surface area contributed by atoms with E-state index in [2.05, 4.69) is 29.0 Å². The number of likely N-dealkylation sites (N-methyl/N-ethyl adjacent to an activating group) is 1. The molecular weight excluding hydrogens is 464 g/mol. The van der Waals surface area contributed by atoms with Gasteiger partial charge in [-0.3, -0.25) is 14.6 Å². The first-order valence-electron chi connectivity index (χ1n) is 11.9. The molecule has 3 heterocycles. The fourth-order valence-electron chi connectivity index (χ4n) is 5.30. The predicted molar refractivity (Wildman–Crippen MR) is 131 cm³/mol. The summed E-state index contributed by atoms with van der Waals surface area (Å²) in [6.07, 6.45) is 4.90. The third-order valence-corrected chi connectivity index (χ3v) is 7.09. The molecule has 36 heavy (non-hydrogen) atoms. The molecule has 186 valence electrons. The van der Waals surface area contributed by atoms with Gasteiger partial charge in [0.1, 0.15) is 17.4 Å². The fourth-order valence-corrected chi connectivity index (χ4v) is 5.30. The summed E-state index contributed by atoms with van der Waals surface area (Å²) in [5.41, 5.74) is 0.573. The molecule has 1 fully saturated rings. The number of nitrogens with one attached hydrogen (secondary N) is 1. The summed E-state index contributed by atoms with van der Waals surface area (Å²) in [4.78, 5) is 23.5. The molecule has 9 heteroatoms. The lowest BCUT2D eigenvalue weighted by molar-refractivity contribution is 0.0632. The molecule has 5 rings (SSSR count). The zero-order valence-corrected chi connectivity index (χ0v) is 20.1. The quantitative estimate of drug-likeness (QED) is 0.424. The molecule has 2 aromatic carbocycles. The Labute approximate surface area is 207 Å². The summed E-state index contributed by atoms with van der Waals surface area (Å²) >= 11 is 0. The summed E-state index contributed by atoms with van der Waals surface area (Å²) in [7, 11) is 2.07. The second kappa shape index (κ2) is 9.66. The summed E-state index contributed by atoms with van der Waals surface area (Å²) < 4.78 is 35.2. The van der Waals surface area contributed by atoms with Gasteiger partial charge < -0.3 is 9.64 Å². The Bertz CT molecular complexity index is 1400. The highest BCUT2D eigenvalue weighted by Gasteiger charge is 2.50. The summed E-state index contributed by atoms with van der Waals surface area (Å²) in [6, 6.07) is 15.8. The van der Waals surface area contributed by atoms with Crippen molar-refractivity contribution in [3.63, 3.8) is 0 Å². The Hall–Kier alpha value is -3.85. The van der Waals surface area contributed by atoms with Gasteiger partial charge in [0.2, 0.25) is 0 Å². The molecule has 4 aromatic rings. The molecule has 1 aliphatic heterocycles. The Morgan fingerprint density at radius 1 is 1.11 bits per heavy atom. The maximum absolute atomic E-state index is 14.0. The van der Waals surface area contributed by atoms with Gasteiger partial charge in [-0.25, -0.2) is 13.8 Å². The highest BCUT2D eigenvalue weighted by Crippen LogP contribution is 2.48. The van der Waals surface area contributed by atoms with Gasteiger partial charge in [0, 0.05) is 43.0 Å². The smallest absolute Gasteiger partial charge is 0.322 e. The number of likely N-dealkylation sites (tertiary alicyclic amines) is 1. The largest absolute Gasteiger partial charge is 0.424 e. The van der Waals surface area contributed by atoms with E-state index in [1.165, 1.54) is 30.3 Å². The molecular formula is C27H27F2N5O2. The fraction of sp³-hybridized carbons (Fsp3) is 0.296. The number of rotatable bonds is 6. The number of hydrogen-bond donors (Lipinski definition) is 1. The molecule has 1 aliphatic rings. The van der Waals surface area contributed by atoms with Gasteiger partial charge in [0.25, 0.3) is 5.56 Å². The van der Waals surface area contributed by atoms with Crippen molar-refractivity contribution in [3.05, 3.63) is 106 Å². The van der Waals surface area contributed by atoms with Gasteiger partial charge in [-0.2, -0.15) is 4.98 Å². The minimum Gasteiger partial charge on any atom is -0.424 e. The molecule has 0 bridgehead atoms. The number of hydrogen-bond acceptors (Lipinski definition) is 5. The number of benzene rings is 2. The Morgan fingerprint density at radius 2 is 1.92 bits per heavy atom. The summed E-state index contributed by atoms with van der Waals surface area (Å²) in [5.74, 6) is -0.718. The summed E-state index contributed by atoms with van der Waals surface area (Å²) in [6.45, 7) is 2.75. The number of nitrogens with zero attached hydrogens (tertiary/aromatic N) is 4. The Morgan fingerprint density at radius 3 is 2.61 bits per heavy atom. The van der Waals surface area contributed by atoms with Crippen LogP contribution in [0.4, 0.5) is 8.78 Å². The number of aromatic amines is 1. The normalized spacial score (nSPS) is 22.4. The van der Waals surface area contributed by atoms with Gasteiger partial charge in [-0.15, -0.1) is 0 Å². The highest BCUT2D eigenvalue weighted by molar-refractivity contribution is 5.35. The molecule has 3 atom stereocenters. The van der Waals surface area contributed by atoms with Crippen LogP contribution in [0.1, 0.15) is 36.9 Å². The van der Waals surface area contributed by atoms with E-state index in [0.29, 0.717) is 24.4 Å². The topological polar surface area (TPSA) is 76.0 Å². The van der Waals surface area contributed by atoms with Crippen molar-refractivity contribution in [2.45, 2.75) is 37.3 Å². The second-order valence-electron chi connectivity index (χ2n) is 9.17. The average molecular weight is 492 g/mol. The molecule has 3 unspecified atom stereocenters. The monoisotopic (exact) mass is 491 g/mol. The van der Waals surface area contributed by atoms with Crippen LogP contribution in [-0.4, -0.2) is 44.3 Å². The number of aromatic nitrogens is 4. The highest BCUT2D eigenvalue weighted by atomic mass is 19.1. The van der Waals surface area contributed by atoms with Gasteiger partial charge in [0.15, 0.2) is 0 Å². The first kappa shape index (κ1) is 23.9. The van der Waals surface area contributed by atoms with Crippen LogP contribution in [0.25, 0.3) is 0 Å². The van der Waals surface area contributed by atoms with Crippen molar-refractivity contribution in [3.8, 4) is 11.8 Å². The van der Waals surface area contributed by atoms with Crippen LogP contribution in [-0.2, 0) is 5.54 Å². The second-order valence-corrected chi connectivity index (χ2v) is 9.17. The van der Waals surface area contributed by atoms with Crippen LogP contribution in [0, 0.1) is 11.6 Å². The molecule has 0 radical (unpaired) electrons. The minimum absolute atomic E-state index is 0.0902. The van der Waals surface area contributed by atoms with Crippen LogP contribution in [0.15, 0.2) is 77.9 Å². The van der Waals surface area contributed by atoms with Crippen LogP contribution in [0.3, 0.4) is 0 Å². The van der Waals surface area contributed by atoms with Crippen LogP contribution in [0.5, 0.6) is 11.8 Å². The van der Waals surface area contributed by atoms with E-state index >= 15 is 0 Å². The maximum Gasteiger partial charge on any atom is 0.322 e. The standard InChI is InChI=1S/C27H27F2N5O2/c1-3-21-16-27(34-14-12-25(35)32-34,18-7-9-19(28)10-8-18)23(17-33(21)2)24-11-13-30-26(31-24)36-22-6-4-5-20(29)15-22/h4-15,21,23H,3,16-17H2,1-2H3,(H,32,35). The average Bonchev–Trinajstić information content (AvgIpc) is 3.31. The lowest BCUT2D eigenvalue weighted by atomic mass is 9.68. The van der Waals surface area contributed by atoms with E-state index in [0.717, 1.165) is 12.0 Å². The van der Waals surface area contributed by atoms with Crippen molar-refractivity contribution in [1.82, 2.24) is 24.6 Å². The van der Waals surface area contributed by atoms with E-state index in [-0.39, 0.29) is 29.3 Å². The Kier molecular flexibility index (Phi) is 6.40. The first-order chi connectivity index (χ1) is 17.4. The van der Waals surface area contributed by atoms with E-state index in [9.17, 15) is 13.6 Å². The van der Waals surface area contributed by atoms with E-state index < -0.39 is 11.4 Å². The van der Waals surface area contributed by atoms with Crippen molar-refractivity contribution in [2.24, 2.45) is 0 Å². The summed E-state index contributed by atoms with van der Waals surface area (Å²) in [5, 5.41) is 2.95. The van der Waals surface area contributed by atoms with Crippen LogP contribution in [0.2, 0.25) is 0 Å². The predicted octanol–water partition coefficient (Wildman–Crippen LogP) is 4.68. The molecule has 0 saturated carbocycles. The molecule has 7 nitrogen and oxygen atoms in total. The zero-order chi connectivity index (χ0) is 25.3. The third-order valence-electron chi connectivity index (χ3n) is 7.09. The lowest BCUT2D eigenvalue weighted by Crippen LogP contribution is -2.56. The minimum atomic E-state index is -0.756. The van der Waals surface area contributed by atoms with Crippen molar-refractivity contribution in [1.29, 1.82) is 0 Å². The SMILES string of the molecule is CCC1CC(c2ccc(F)cc2)(n2ccc(=O)[nH]2)C(c2ccnc(Oc3cccc(F)c3)n2)CN1C. The van der Waals surface area contributed by atoms with Crippen molar-refractivity contribution < 1.29 is 13.5 Å². The van der Waals surface area contributed by atoms with Gasteiger partial charge in [-0.1, -0.05) is 25.1 Å². The Balaban J connectivity index is 1.65. The molecule has 0 spiro atoms. The maximum atomic E-state index is 14.0. The number of halogens is 2. The van der Waals surface area contributed by atoms with Crippen LogP contribution < -0.4 is 10.3 Å². The zero-order valence-electron chi connectivity index (χ0n) is 20.1. The van der Waals surface area contributed by atoms with Gasteiger partial charge in [-0.05, 0) is 55.8 Å². The van der Waals surface area contributed by atoms with Crippen molar-refractivity contribution >= 4 is 0 Å². The molecule has 1 saturated heterocycles. The lowest BCUT2D eigenvalue weighted by Gasteiger charge is -2.51. The molecule has 2 aromatic heterocycles. The van der Waals surface area contributed by atoms with E-state index in [1.54, 1.807) is 36.7 Å². The van der Waals surface area contributed by atoms with Gasteiger partial charge in [0.05, 0.1) is 11.2 Å². The van der Waals surface area contributed by atoms with E-state index in [4.69, 9.17) is 9.72 Å². The number of piperidine rings is 1. The van der Waals surface area contributed by atoms with Gasteiger partial charge >= 0.3 is 6.01 Å². The molecule has 0 amide bonds. The van der Waals surface area contributed by atoms with E-state index in [1.807, 2.05) is 10.7 Å². The van der Waals surface area contributed by atoms with Crippen molar-refractivity contribution in [2.75, 3.05) is 13.6 Å². The number of ether oxygens (including phenoxy) is 1. The number of H-pyrrole nitrogens is 1. The molecule has 0 aliphatic carbocycles. The third kappa shape index (κ3) is 4.42. The first-order valence-corrected chi connectivity index (χ1v) is 11.9. The molecule has 1 N–H and O–H groups in total.